The maximum Gasteiger partial charge on any atom is 0.416 e. The Morgan fingerprint density at radius 2 is 1.87 bits per heavy atom. The molecular weight excluding hydrogens is 395 g/mol. The quantitative estimate of drug-likeness (QED) is 0.453. The van der Waals surface area contributed by atoms with Crippen molar-refractivity contribution in [2.45, 2.75) is 33.1 Å². The number of hydrogen-bond acceptors (Lipinski definition) is 4. The zero-order valence-electron chi connectivity index (χ0n) is 16.5. The number of anilines is 2. The number of nitrogen functional groups attached to an aromatic ring is 1. The maximum absolute atomic E-state index is 13.1. The number of halogens is 3. The number of carbonyl (C=O) groups excluding carboxylic acids is 1. The van der Waals surface area contributed by atoms with Gasteiger partial charge in [0.25, 0.3) is 5.91 Å². The summed E-state index contributed by atoms with van der Waals surface area (Å²) in [5.74, 6) is -0.510. The number of carbonyl (C=O) groups is 1. The van der Waals surface area contributed by atoms with Gasteiger partial charge in [-0.1, -0.05) is 18.2 Å². The number of amides is 1. The van der Waals surface area contributed by atoms with Gasteiger partial charge in [-0.25, -0.2) is 0 Å². The van der Waals surface area contributed by atoms with Gasteiger partial charge in [-0.2, -0.15) is 18.3 Å². The highest BCUT2D eigenvalue weighted by Crippen LogP contribution is 2.31. The van der Waals surface area contributed by atoms with E-state index in [4.69, 9.17) is 5.73 Å². The predicted molar refractivity (Wildman–Crippen MR) is 109 cm³/mol. The molecule has 3 rings (SSSR count). The van der Waals surface area contributed by atoms with Crippen LogP contribution >= 0.6 is 0 Å². The van der Waals surface area contributed by atoms with Gasteiger partial charge in [-0.15, -0.1) is 0 Å². The summed E-state index contributed by atoms with van der Waals surface area (Å²) in [6.45, 7) is 4.11. The lowest BCUT2D eigenvalue weighted by Gasteiger charge is -2.14. The highest BCUT2D eigenvalue weighted by molar-refractivity contribution is 5.96. The molecule has 0 saturated carbocycles. The van der Waals surface area contributed by atoms with E-state index in [2.05, 4.69) is 20.8 Å². The summed E-state index contributed by atoms with van der Waals surface area (Å²) in [5.41, 5.74) is 9.40. The molecule has 0 unspecified atom stereocenters. The Bertz CT molecular complexity index is 1060. The van der Waals surface area contributed by atoms with Gasteiger partial charge >= 0.3 is 6.18 Å². The summed E-state index contributed by atoms with van der Waals surface area (Å²) < 4.78 is 39.2. The molecule has 0 atom stereocenters. The lowest BCUT2D eigenvalue weighted by atomic mass is 10.1. The van der Waals surface area contributed by atoms with Crippen LogP contribution in [-0.2, 0) is 19.3 Å². The standard InChI is InChI=1S/C21H22F3N5O/c1-12-13(2)28-29-19(12)11-26-18-8-7-14(9-17(18)25)20(30)27-10-15-5-3-4-6-16(15)21(22,23)24/h3-9,26H,10-11,25H2,1-2H3,(H,27,30)(H,28,29). The molecule has 1 amide bonds. The van der Waals surface area contributed by atoms with Crippen molar-refractivity contribution in [2.75, 3.05) is 11.1 Å². The SMILES string of the molecule is Cc1[nH]nc(CNc2ccc(C(=O)NCc3ccccc3C(F)(F)F)cc2N)c1C. The van der Waals surface area contributed by atoms with Crippen LogP contribution in [0.3, 0.4) is 0 Å². The molecule has 0 radical (unpaired) electrons. The average Bonchev–Trinajstić information content (AvgIpc) is 3.02. The molecule has 9 heteroatoms. The fourth-order valence-corrected chi connectivity index (χ4v) is 2.98. The molecule has 1 aromatic heterocycles. The summed E-state index contributed by atoms with van der Waals surface area (Å²) in [6, 6.07) is 9.83. The molecule has 0 saturated heterocycles. The first-order valence-corrected chi connectivity index (χ1v) is 9.24. The predicted octanol–water partition coefficient (Wildman–Crippen LogP) is 4.17. The number of alkyl halides is 3. The molecule has 5 N–H and O–H groups in total. The smallest absolute Gasteiger partial charge is 0.397 e. The third-order valence-electron chi connectivity index (χ3n) is 4.88. The van der Waals surface area contributed by atoms with Crippen LogP contribution in [0.1, 0.15) is 38.4 Å². The minimum Gasteiger partial charge on any atom is -0.397 e. The molecule has 2 aromatic carbocycles. The molecule has 0 aliphatic rings. The second-order valence-corrected chi connectivity index (χ2v) is 6.91. The summed E-state index contributed by atoms with van der Waals surface area (Å²) >= 11 is 0. The highest BCUT2D eigenvalue weighted by atomic mass is 19.4. The molecule has 0 bridgehead atoms. The van der Waals surface area contributed by atoms with E-state index < -0.39 is 17.6 Å². The summed E-state index contributed by atoms with van der Waals surface area (Å²) in [6.07, 6.45) is -4.48. The Kier molecular flexibility index (Phi) is 6.00. The molecular formula is C21H22F3N5O. The minimum atomic E-state index is -4.48. The number of aromatic amines is 1. The second kappa shape index (κ2) is 8.48. The number of H-pyrrole nitrogens is 1. The Labute approximate surface area is 171 Å². The lowest BCUT2D eigenvalue weighted by molar-refractivity contribution is -0.138. The fourth-order valence-electron chi connectivity index (χ4n) is 2.98. The minimum absolute atomic E-state index is 0.00530. The van der Waals surface area contributed by atoms with E-state index >= 15 is 0 Å². The molecule has 3 aromatic rings. The number of nitrogens with zero attached hydrogens (tertiary/aromatic N) is 1. The van der Waals surface area contributed by atoms with Crippen molar-refractivity contribution in [3.05, 3.63) is 76.1 Å². The summed E-state index contributed by atoms with van der Waals surface area (Å²) in [5, 5.41) is 12.8. The lowest BCUT2D eigenvalue weighted by Crippen LogP contribution is -2.24. The van der Waals surface area contributed by atoms with Gasteiger partial charge < -0.3 is 16.4 Å². The molecule has 0 aliphatic heterocycles. The monoisotopic (exact) mass is 417 g/mol. The molecule has 0 spiro atoms. The van der Waals surface area contributed by atoms with Crippen LogP contribution in [-0.4, -0.2) is 16.1 Å². The molecule has 30 heavy (non-hydrogen) atoms. The number of aryl methyl sites for hydroxylation is 1. The molecule has 0 aliphatic carbocycles. The number of aromatic nitrogens is 2. The van der Waals surface area contributed by atoms with Crippen molar-refractivity contribution in [2.24, 2.45) is 0 Å². The van der Waals surface area contributed by atoms with Gasteiger partial charge in [0.05, 0.1) is 29.2 Å². The van der Waals surface area contributed by atoms with E-state index in [1.54, 1.807) is 12.1 Å². The number of benzene rings is 2. The van der Waals surface area contributed by atoms with Gasteiger partial charge in [-0.3, -0.25) is 9.89 Å². The van der Waals surface area contributed by atoms with Crippen molar-refractivity contribution in [3.63, 3.8) is 0 Å². The topological polar surface area (TPSA) is 95.8 Å². The first kappa shape index (κ1) is 21.2. The Morgan fingerprint density at radius 1 is 1.13 bits per heavy atom. The molecule has 0 fully saturated rings. The summed E-state index contributed by atoms with van der Waals surface area (Å²) in [7, 11) is 0. The van der Waals surface area contributed by atoms with Crippen LogP contribution in [0.5, 0.6) is 0 Å². The first-order chi connectivity index (χ1) is 14.2. The van der Waals surface area contributed by atoms with E-state index in [9.17, 15) is 18.0 Å². The van der Waals surface area contributed by atoms with Gasteiger partial charge in [0, 0.05) is 17.8 Å². The van der Waals surface area contributed by atoms with E-state index in [0.717, 1.165) is 23.0 Å². The third kappa shape index (κ3) is 4.73. The van der Waals surface area contributed by atoms with E-state index in [1.807, 2.05) is 13.8 Å². The van der Waals surface area contributed by atoms with Crippen LogP contribution in [0.4, 0.5) is 24.5 Å². The number of rotatable bonds is 6. The molecule has 6 nitrogen and oxygen atoms in total. The zero-order valence-corrected chi connectivity index (χ0v) is 16.5. The molecule has 158 valence electrons. The van der Waals surface area contributed by atoms with Gasteiger partial charge in [0.2, 0.25) is 0 Å². The highest BCUT2D eigenvalue weighted by Gasteiger charge is 2.32. The van der Waals surface area contributed by atoms with Gasteiger partial charge in [-0.05, 0) is 49.2 Å². The number of hydrogen-bond donors (Lipinski definition) is 4. The molecule has 1 heterocycles. The number of nitrogens with one attached hydrogen (secondary N) is 3. The van der Waals surface area contributed by atoms with Gasteiger partial charge in [0.1, 0.15) is 0 Å². The Hall–Kier alpha value is -3.49. The van der Waals surface area contributed by atoms with Crippen molar-refractivity contribution in [1.29, 1.82) is 0 Å². The van der Waals surface area contributed by atoms with Crippen molar-refractivity contribution in [1.82, 2.24) is 15.5 Å². The maximum atomic E-state index is 13.1. The van der Waals surface area contributed by atoms with E-state index in [-0.39, 0.29) is 17.7 Å². The van der Waals surface area contributed by atoms with E-state index in [0.29, 0.717) is 17.9 Å². The average molecular weight is 417 g/mol. The van der Waals surface area contributed by atoms with Crippen LogP contribution in [0.25, 0.3) is 0 Å². The van der Waals surface area contributed by atoms with Crippen LogP contribution in [0, 0.1) is 13.8 Å². The van der Waals surface area contributed by atoms with Crippen molar-refractivity contribution >= 4 is 17.3 Å². The normalized spacial score (nSPS) is 11.4. The van der Waals surface area contributed by atoms with Crippen LogP contribution in [0.2, 0.25) is 0 Å². The summed E-state index contributed by atoms with van der Waals surface area (Å²) in [4.78, 5) is 12.4. The first-order valence-electron chi connectivity index (χ1n) is 9.24. The largest absolute Gasteiger partial charge is 0.416 e. The fraction of sp³-hybridized carbons (Fsp3) is 0.238. The van der Waals surface area contributed by atoms with Crippen LogP contribution in [0.15, 0.2) is 42.5 Å². The third-order valence-corrected chi connectivity index (χ3v) is 4.88. The zero-order chi connectivity index (χ0) is 21.9. The van der Waals surface area contributed by atoms with Crippen molar-refractivity contribution in [3.8, 4) is 0 Å². The van der Waals surface area contributed by atoms with Gasteiger partial charge in [0.15, 0.2) is 0 Å². The Morgan fingerprint density at radius 3 is 2.50 bits per heavy atom. The van der Waals surface area contributed by atoms with Crippen molar-refractivity contribution < 1.29 is 18.0 Å². The number of nitrogens with two attached hydrogens (primary N) is 1. The van der Waals surface area contributed by atoms with Crippen LogP contribution < -0.4 is 16.4 Å². The van der Waals surface area contributed by atoms with E-state index in [1.165, 1.54) is 24.3 Å². The Balaban J connectivity index is 1.65. The second-order valence-electron chi connectivity index (χ2n) is 6.91.